The maximum atomic E-state index is 10.4. The third-order valence-electron chi connectivity index (χ3n) is 2.24. The monoisotopic (exact) mass is 222 g/mol. The zero-order valence-corrected chi connectivity index (χ0v) is 9.38. The summed E-state index contributed by atoms with van der Waals surface area (Å²) in [5.41, 5.74) is 0. The Morgan fingerprint density at radius 2 is 1.57 bits per heavy atom. The molecular weight excluding hydrogens is 204 g/mol. The van der Waals surface area contributed by atoms with Crippen LogP contribution in [0, 0.1) is 0 Å². The molecule has 0 aliphatic carbocycles. The van der Waals surface area contributed by atoms with E-state index in [4.69, 9.17) is 0 Å². The molecule has 0 aromatic carbocycles. The maximum Gasteiger partial charge on any atom is 0.404 e. The third kappa shape index (κ3) is 4.39. The summed E-state index contributed by atoms with van der Waals surface area (Å²) in [6.45, 7) is 2.18. The SMILES string of the molecule is CCCCCCCCC1OS(=O)(=O)O1. The van der Waals surface area contributed by atoms with E-state index < -0.39 is 16.7 Å². The molecule has 0 radical (unpaired) electrons. The van der Waals surface area contributed by atoms with E-state index in [0.29, 0.717) is 6.42 Å². The van der Waals surface area contributed by atoms with E-state index in [0.717, 1.165) is 12.8 Å². The van der Waals surface area contributed by atoms with Gasteiger partial charge >= 0.3 is 10.4 Å². The summed E-state index contributed by atoms with van der Waals surface area (Å²) in [5, 5.41) is 0. The van der Waals surface area contributed by atoms with Gasteiger partial charge in [-0.05, 0) is 6.42 Å². The molecule has 1 rings (SSSR count). The second-order valence-corrected chi connectivity index (χ2v) is 4.79. The molecule has 0 saturated carbocycles. The van der Waals surface area contributed by atoms with Crippen LogP contribution in [0.1, 0.15) is 51.9 Å². The van der Waals surface area contributed by atoms with Crippen LogP contribution >= 0.6 is 0 Å². The fourth-order valence-corrected chi connectivity index (χ4v) is 2.19. The van der Waals surface area contributed by atoms with Crippen LogP contribution in [0.4, 0.5) is 0 Å². The largest absolute Gasteiger partial charge is 0.404 e. The molecule has 14 heavy (non-hydrogen) atoms. The van der Waals surface area contributed by atoms with E-state index in [1.165, 1.54) is 25.7 Å². The van der Waals surface area contributed by atoms with Crippen molar-refractivity contribution in [1.82, 2.24) is 0 Å². The van der Waals surface area contributed by atoms with Gasteiger partial charge in [0.2, 0.25) is 0 Å². The summed E-state index contributed by atoms with van der Waals surface area (Å²) in [6, 6.07) is 0. The summed E-state index contributed by atoms with van der Waals surface area (Å²) in [7, 11) is -3.58. The molecule has 0 amide bonds. The van der Waals surface area contributed by atoms with Crippen LogP contribution in [0.5, 0.6) is 0 Å². The highest BCUT2D eigenvalue weighted by atomic mass is 32.3. The smallest absolute Gasteiger partial charge is 0.215 e. The normalized spacial score (nSPS) is 20.6. The van der Waals surface area contributed by atoms with Crippen LogP contribution in [0.15, 0.2) is 0 Å². The van der Waals surface area contributed by atoms with Gasteiger partial charge in [-0.3, -0.25) is 0 Å². The molecule has 1 aliphatic rings. The highest BCUT2D eigenvalue weighted by molar-refractivity contribution is 7.82. The summed E-state index contributed by atoms with van der Waals surface area (Å²) >= 11 is 0. The van der Waals surface area contributed by atoms with Crippen molar-refractivity contribution in [2.75, 3.05) is 0 Å². The zero-order chi connectivity index (χ0) is 10.4. The molecule has 0 aromatic heterocycles. The van der Waals surface area contributed by atoms with E-state index in [1.807, 2.05) is 0 Å². The number of unbranched alkanes of at least 4 members (excludes halogenated alkanes) is 5. The highest BCUT2D eigenvalue weighted by Gasteiger charge is 2.35. The standard InChI is InChI=1S/C9H18O4S/c1-2-3-4-5-6-7-8-9-12-14(10,11)13-9/h9H,2-8H2,1H3. The number of hydrogen-bond donors (Lipinski definition) is 0. The van der Waals surface area contributed by atoms with Crippen molar-refractivity contribution >= 4 is 10.4 Å². The van der Waals surface area contributed by atoms with E-state index >= 15 is 0 Å². The molecule has 0 spiro atoms. The van der Waals surface area contributed by atoms with Crippen molar-refractivity contribution in [3.63, 3.8) is 0 Å². The second-order valence-electron chi connectivity index (χ2n) is 3.59. The topological polar surface area (TPSA) is 52.6 Å². The molecule has 1 saturated heterocycles. The van der Waals surface area contributed by atoms with Crippen LogP contribution in [0.2, 0.25) is 0 Å². The predicted octanol–water partition coefficient (Wildman–Crippen LogP) is 2.35. The number of hydrogen-bond acceptors (Lipinski definition) is 4. The molecule has 1 aliphatic heterocycles. The molecule has 0 bridgehead atoms. The Bertz CT molecular complexity index is 236. The zero-order valence-electron chi connectivity index (χ0n) is 8.57. The van der Waals surface area contributed by atoms with Gasteiger partial charge in [0.25, 0.3) is 0 Å². The lowest BCUT2D eigenvalue weighted by molar-refractivity contribution is -0.0842. The summed E-state index contributed by atoms with van der Waals surface area (Å²) in [6.07, 6.45) is 7.29. The van der Waals surface area contributed by atoms with Crippen LogP contribution in [-0.4, -0.2) is 14.7 Å². The molecule has 4 nitrogen and oxygen atoms in total. The average Bonchev–Trinajstić information content (AvgIpc) is 2.07. The van der Waals surface area contributed by atoms with Crippen molar-refractivity contribution in [2.24, 2.45) is 0 Å². The van der Waals surface area contributed by atoms with Gasteiger partial charge in [-0.1, -0.05) is 39.0 Å². The molecule has 1 heterocycles. The lowest BCUT2D eigenvalue weighted by Gasteiger charge is -2.24. The Morgan fingerprint density at radius 3 is 2.14 bits per heavy atom. The van der Waals surface area contributed by atoms with Gasteiger partial charge in [0, 0.05) is 6.42 Å². The fraction of sp³-hybridized carbons (Fsp3) is 1.00. The molecule has 5 heteroatoms. The predicted molar refractivity (Wildman–Crippen MR) is 52.9 cm³/mol. The molecule has 0 unspecified atom stereocenters. The van der Waals surface area contributed by atoms with E-state index in [9.17, 15) is 8.42 Å². The highest BCUT2D eigenvalue weighted by Crippen LogP contribution is 2.23. The van der Waals surface area contributed by atoms with Crippen LogP contribution < -0.4 is 0 Å². The minimum absolute atomic E-state index is 0.508. The van der Waals surface area contributed by atoms with Crippen molar-refractivity contribution in [3.8, 4) is 0 Å². The van der Waals surface area contributed by atoms with E-state index in [1.54, 1.807) is 0 Å². The van der Waals surface area contributed by atoms with Crippen molar-refractivity contribution < 1.29 is 16.8 Å². The van der Waals surface area contributed by atoms with Crippen molar-refractivity contribution in [1.29, 1.82) is 0 Å². The van der Waals surface area contributed by atoms with Gasteiger partial charge in [-0.2, -0.15) is 8.42 Å². The first-order valence-electron chi connectivity index (χ1n) is 5.25. The Hall–Kier alpha value is -0.130. The Balaban J connectivity index is 1.86. The minimum Gasteiger partial charge on any atom is -0.215 e. The van der Waals surface area contributed by atoms with Crippen LogP contribution in [0.3, 0.4) is 0 Å². The second kappa shape index (κ2) is 5.68. The minimum atomic E-state index is -3.58. The lowest BCUT2D eigenvalue weighted by atomic mass is 10.1. The number of rotatable bonds is 7. The first kappa shape index (κ1) is 11.9. The Kier molecular flexibility index (Phi) is 4.84. The first-order valence-corrected chi connectivity index (χ1v) is 6.59. The van der Waals surface area contributed by atoms with E-state index in [-0.39, 0.29) is 0 Å². The summed E-state index contributed by atoms with van der Waals surface area (Å²) in [5.74, 6) is 0. The van der Waals surface area contributed by atoms with Gasteiger partial charge in [-0.15, -0.1) is 0 Å². The molecular formula is C9H18O4S. The van der Waals surface area contributed by atoms with E-state index in [2.05, 4.69) is 15.3 Å². The molecule has 0 N–H and O–H groups in total. The first-order chi connectivity index (χ1) is 6.64. The average molecular weight is 222 g/mol. The summed E-state index contributed by atoms with van der Waals surface area (Å²) < 4.78 is 29.9. The maximum absolute atomic E-state index is 10.4. The van der Waals surface area contributed by atoms with Crippen LogP contribution in [-0.2, 0) is 18.8 Å². The molecule has 0 atom stereocenters. The van der Waals surface area contributed by atoms with Crippen molar-refractivity contribution in [2.45, 2.75) is 58.2 Å². The molecule has 1 fully saturated rings. The Labute approximate surface area is 85.9 Å². The van der Waals surface area contributed by atoms with Gasteiger partial charge in [-0.25, -0.2) is 8.37 Å². The quantitative estimate of drug-likeness (QED) is 0.620. The van der Waals surface area contributed by atoms with Gasteiger partial charge in [0.15, 0.2) is 6.29 Å². The van der Waals surface area contributed by atoms with Gasteiger partial charge < -0.3 is 0 Å². The van der Waals surface area contributed by atoms with Crippen molar-refractivity contribution in [3.05, 3.63) is 0 Å². The lowest BCUT2D eigenvalue weighted by Crippen LogP contribution is -2.35. The molecule has 0 aromatic rings. The summed E-state index contributed by atoms with van der Waals surface area (Å²) in [4.78, 5) is 0. The molecule has 84 valence electrons. The fourth-order valence-electron chi connectivity index (χ4n) is 1.46. The Morgan fingerprint density at radius 1 is 1.00 bits per heavy atom. The van der Waals surface area contributed by atoms with Gasteiger partial charge in [0.05, 0.1) is 0 Å². The van der Waals surface area contributed by atoms with Crippen LogP contribution in [0.25, 0.3) is 0 Å². The third-order valence-corrected chi connectivity index (χ3v) is 3.14. The van der Waals surface area contributed by atoms with Gasteiger partial charge in [0.1, 0.15) is 0 Å².